The van der Waals surface area contributed by atoms with Crippen LogP contribution in [-0.4, -0.2) is 37.5 Å². The van der Waals surface area contributed by atoms with Gasteiger partial charge < -0.3 is 5.32 Å². The molecule has 1 amide bonds. The second-order valence-corrected chi connectivity index (χ2v) is 7.25. The van der Waals surface area contributed by atoms with Crippen LogP contribution in [0, 0.1) is 5.82 Å². The van der Waals surface area contributed by atoms with Gasteiger partial charge in [0.2, 0.25) is 15.9 Å². The van der Waals surface area contributed by atoms with Crippen molar-refractivity contribution in [2.45, 2.75) is 31.8 Å². The minimum Gasteiger partial charge on any atom is -0.348 e. The highest BCUT2D eigenvalue weighted by molar-refractivity contribution is 7.88. The maximum Gasteiger partial charge on any atom is 0.238 e. The van der Waals surface area contributed by atoms with Crippen LogP contribution in [0.5, 0.6) is 0 Å². The van der Waals surface area contributed by atoms with E-state index in [-0.39, 0.29) is 17.8 Å². The summed E-state index contributed by atoms with van der Waals surface area (Å²) in [5.41, 5.74) is 0.646. The van der Waals surface area contributed by atoms with Crippen molar-refractivity contribution in [1.82, 2.24) is 9.62 Å². The summed E-state index contributed by atoms with van der Waals surface area (Å²) in [4.78, 5) is 12.3. The molecular formula is C14H19FN2O3S. The Hall–Kier alpha value is -1.47. The summed E-state index contributed by atoms with van der Waals surface area (Å²) >= 11 is 0. The number of benzene rings is 1. The van der Waals surface area contributed by atoms with Crippen molar-refractivity contribution in [2.24, 2.45) is 0 Å². The zero-order valence-electron chi connectivity index (χ0n) is 12.0. The third-order valence-electron chi connectivity index (χ3n) is 3.64. The largest absolute Gasteiger partial charge is 0.348 e. The van der Waals surface area contributed by atoms with Crippen LogP contribution in [0.25, 0.3) is 0 Å². The minimum atomic E-state index is -3.39. The van der Waals surface area contributed by atoms with Gasteiger partial charge in [-0.25, -0.2) is 12.8 Å². The van der Waals surface area contributed by atoms with Gasteiger partial charge in [0, 0.05) is 6.54 Å². The van der Waals surface area contributed by atoms with Crippen LogP contribution < -0.4 is 5.32 Å². The molecule has 1 heterocycles. The van der Waals surface area contributed by atoms with Crippen molar-refractivity contribution in [3.05, 3.63) is 35.6 Å². The first-order valence-corrected chi connectivity index (χ1v) is 8.66. The van der Waals surface area contributed by atoms with Gasteiger partial charge in [-0.15, -0.1) is 0 Å². The van der Waals surface area contributed by atoms with E-state index in [1.807, 2.05) is 0 Å². The molecule has 0 radical (unpaired) electrons. The van der Waals surface area contributed by atoms with E-state index in [1.165, 1.54) is 16.4 Å². The highest BCUT2D eigenvalue weighted by atomic mass is 32.2. The van der Waals surface area contributed by atoms with Crippen LogP contribution in [0.15, 0.2) is 24.3 Å². The minimum absolute atomic E-state index is 0.338. The predicted molar refractivity (Wildman–Crippen MR) is 77.5 cm³/mol. The molecule has 0 aliphatic carbocycles. The fourth-order valence-electron chi connectivity index (χ4n) is 2.57. The summed E-state index contributed by atoms with van der Waals surface area (Å²) in [7, 11) is -3.39. The Morgan fingerprint density at radius 3 is 2.81 bits per heavy atom. The Morgan fingerprint density at radius 1 is 1.48 bits per heavy atom. The van der Waals surface area contributed by atoms with Crippen LogP contribution >= 0.6 is 0 Å². The fourth-order valence-corrected chi connectivity index (χ4v) is 3.69. The molecule has 116 valence electrons. The maximum atomic E-state index is 13.2. The lowest BCUT2D eigenvalue weighted by Gasteiger charge is -2.23. The lowest BCUT2D eigenvalue weighted by molar-refractivity contribution is -0.124. The first-order valence-electron chi connectivity index (χ1n) is 6.81. The number of rotatable bonds is 4. The van der Waals surface area contributed by atoms with Crippen LogP contribution in [0.4, 0.5) is 4.39 Å². The molecule has 1 aliphatic rings. The summed E-state index contributed by atoms with van der Waals surface area (Å²) in [6.07, 6.45) is 2.28. The molecule has 0 bridgehead atoms. The molecular weight excluding hydrogens is 295 g/mol. The third kappa shape index (κ3) is 3.79. The summed E-state index contributed by atoms with van der Waals surface area (Å²) in [6, 6.07) is 4.93. The number of carbonyl (C=O) groups is 1. The first kappa shape index (κ1) is 15.9. The molecule has 5 nitrogen and oxygen atoms in total. The van der Waals surface area contributed by atoms with Gasteiger partial charge in [0.15, 0.2) is 0 Å². The smallest absolute Gasteiger partial charge is 0.238 e. The zero-order valence-corrected chi connectivity index (χ0v) is 12.9. The quantitative estimate of drug-likeness (QED) is 0.914. The van der Waals surface area contributed by atoms with E-state index >= 15 is 0 Å². The van der Waals surface area contributed by atoms with Gasteiger partial charge in [0.1, 0.15) is 11.9 Å². The van der Waals surface area contributed by atoms with E-state index in [1.54, 1.807) is 19.1 Å². The van der Waals surface area contributed by atoms with E-state index in [0.717, 1.165) is 6.26 Å². The Morgan fingerprint density at radius 2 is 2.19 bits per heavy atom. The number of sulfonamides is 1. The van der Waals surface area contributed by atoms with Gasteiger partial charge in [0.25, 0.3) is 0 Å². The number of carbonyl (C=O) groups excluding carboxylic acids is 1. The lowest BCUT2D eigenvalue weighted by atomic mass is 10.1. The van der Waals surface area contributed by atoms with E-state index < -0.39 is 16.1 Å². The molecule has 21 heavy (non-hydrogen) atoms. The summed E-state index contributed by atoms with van der Waals surface area (Å²) < 4.78 is 37.7. The van der Waals surface area contributed by atoms with Gasteiger partial charge in [-0.3, -0.25) is 4.79 Å². The van der Waals surface area contributed by atoms with Crippen LogP contribution in [0.1, 0.15) is 31.4 Å². The van der Waals surface area contributed by atoms with E-state index in [4.69, 9.17) is 0 Å². The molecule has 0 spiro atoms. The second kappa shape index (κ2) is 6.11. The number of amides is 1. The highest BCUT2D eigenvalue weighted by Crippen LogP contribution is 2.22. The third-order valence-corrected chi connectivity index (χ3v) is 4.93. The second-order valence-electron chi connectivity index (χ2n) is 5.32. The normalized spacial score (nSPS) is 21.2. The maximum absolute atomic E-state index is 13.2. The fraction of sp³-hybridized carbons (Fsp3) is 0.500. The Balaban J connectivity index is 2.07. The summed E-state index contributed by atoms with van der Waals surface area (Å²) in [5, 5.41) is 2.76. The predicted octanol–water partition coefficient (Wildman–Crippen LogP) is 1.43. The molecule has 1 saturated heterocycles. The SMILES string of the molecule is C[C@H](NC(=O)[C@@H]1CCCN1S(C)(=O)=O)c1cccc(F)c1. The first-order chi connectivity index (χ1) is 9.79. The number of hydrogen-bond donors (Lipinski definition) is 1. The van der Waals surface area contributed by atoms with Crippen molar-refractivity contribution in [2.75, 3.05) is 12.8 Å². The summed E-state index contributed by atoms with van der Waals surface area (Å²) in [6.45, 7) is 2.11. The van der Waals surface area contributed by atoms with Crippen molar-refractivity contribution < 1.29 is 17.6 Å². The van der Waals surface area contributed by atoms with Gasteiger partial charge in [0.05, 0.1) is 12.3 Å². The summed E-state index contributed by atoms with van der Waals surface area (Å²) in [5.74, 6) is -0.707. The highest BCUT2D eigenvalue weighted by Gasteiger charge is 2.36. The van der Waals surface area contributed by atoms with Crippen molar-refractivity contribution in [3.63, 3.8) is 0 Å². The van der Waals surface area contributed by atoms with Crippen molar-refractivity contribution in [3.8, 4) is 0 Å². The molecule has 2 atom stereocenters. The Kier molecular flexibility index (Phi) is 4.63. The van der Waals surface area contributed by atoms with Crippen LogP contribution in [0.2, 0.25) is 0 Å². The molecule has 1 aliphatic heterocycles. The van der Waals surface area contributed by atoms with Gasteiger partial charge in [-0.05, 0) is 37.5 Å². The lowest BCUT2D eigenvalue weighted by Crippen LogP contribution is -2.46. The molecule has 7 heteroatoms. The average molecular weight is 314 g/mol. The van der Waals surface area contributed by atoms with E-state index in [9.17, 15) is 17.6 Å². The molecule has 0 aromatic heterocycles. The molecule has 0 unspecified atom stereocenters. The topological polar surface area (TPSA) is 66.5 Å². The number of nitrogens with one attached hydrogen (secondary N) is 1. The Labute approximate surface area is 124 Å². The van der Waals surface area contributed by atoms with Gasteiger partial charge in [-0.2, -0.15) is 4.31 Å². The molecule has 2 rings (SSSR count). The van der Waals surface area contributed by atoms with Crippen LogP contribution in [0.3, 0.4) is 0 Å². The molecule has 1 N–H and O–H groups in total. The van der Waals surface area contributed by atoms with Gasteiger partial charge in [-0.1, -0.05) is 12.1 Å². The Bertz CT molecular complexity index is 633. The average Bonchev–Trinajstić information content (AvgIpc) is 2.87. The molecule has 0 saturated carbocycles. The zero-order chi connectivity index (χ0) is 15.6. The molecule has 1 aromatic carbocycles. The number of nitrogens with zero attached hydrogens (tertiary/aromatic N) is 1. The number of hydrogen-bond acceptors (Lipinski definition) is 3. The van der Waals surface area contributed by atoms with Gasteiger partial charge >= 0.3 is 0 Å². The molecule has 1 aromatic rings. The van der Waals surface area contributed by atoms with E-state index in [2.05, 4.69) is 5.32 Å². The van der Waals surface area contributed by atoms with E-state index in [0.29, 0.717) is 24.9 Å². The standard InChI is InChI=1S/C14H19FN2O3S/c1-10(11-5-3-6-12(15)9-11)16-14(18)13-7-4-8-17(13)21(2,19)20/h3,5-6,9-10,13H,4,7-8H2,1-2H3,(H,16,18)/t10-,13-/m0/s1. The van der Waals surface area contributed by atoms with Crippen LogP contribution in [-0.2, 0) is 14.8 Å². The molecule has 1 fully saturated rings. The van der Waals surface area contributed by atoms with Crippen molar-refractivity contribution in [1.29, 1.82) is 0 Å². The van der Waals surface area contributed by atoms with Crippen molar-refractivity contribution >= 4 is 15.9 Å². The number of halogens is 1. The monoisotopic (exact) mass is 314 g/mol.